The van der Waals surface area contributed by atoms with Crippen LogP contribution in [0.25, 0.3) is 0 Å². The van der Waals surface area contributed by atoms with Gasteiger partial charge >= 0.3 is 0 Å². The van der Waals surface area contributed by atoms with Crippen LogP contribution in [0.3, 0.4) is 0 Å². The monoisotopic (exact) mass is 192 g/mol. The zero-order valence-electron chi connectivity index (χ0n) is 9.16. The van der Waals surface area contributed by atoms with Gasteiger partial charge in [0.2, 0.25) is 0 Å². The second kappa shape index (κ2) is 5.82. The van der Waals surface area contributed by atoms with E-state index in [0.29, 0.717) is 5.92 Å². The zero-order valence-corrected chi connectivity index (χ0v) is 9.16. The molecule has 0 amide bonds. The van der Waals surface area contributed by atoms with Crippen LogP contribution >= 0.6 is 0 Å². The third kappa shape index (κ3) is 2.58. The molecular formula is C13H20O. The predicted octanol–water partition coefficient (Wildman–Crippen LogP) is 3.47. The van der Waals surface area contributed by atoms with Gasteiger partial charge in [-0.25, -0.2) is 0 Å². The van der Waals surface area contributed by atoms with E-state index in [2.05, 4.69) is 26.0 Å². The van der Waals surface area contributed by atoms with E-state index in [4.69, 9.17) is 0 Å². The number of hydrogen-bond acceptors (Lipinski definition) is 1. The fraction of sp³-hybridized carbons (Fsp3) is 0.538. The first-order valence-electron chi connectivity index (χ1n) is 5.52. The van der Waals surface area contributed by atoms with Crippen LogP contribution in [0.4, 0.5) is 0 Å². The van der Waals surface area contributed by atoms with Crippen molar-refractivity contribution in [2.75, 3.05) is 0 Å². The lowest BCUT2D eigenvalue weighted by Crippen LogP contribution is -2.01. The highest BCUT2D eigenvalue weighted by atomic mass is 16.3. The highest BCUT2D eigenvalue weighted by molar-refractivity contribution is 5.29. The largest absolute Gasteiger partial charge is 0.392 e. The van der Waals surface area contributed by atoms with Crippen molar-refractivity contribution in [2.24, 2.45) is 0 Å². The van der Waals surface area contributed by atoms with Gasteiger partial charge in [0.25, 0.3) is 0 Å². The highest BCUT2D eigenvalue weighted by Gasteiger charge is 2.11. The molecule has 0 aliphatic rings. The molecule has 1 rings (SSSR count). The summed E-state index contributed by atoms with van der Waals surface area (Å²) in [7, 11) is 0. The van der Waals surface area contributed by atoms with Crippen molar-refractivity contribution in [1.29, 1.82) is 0 Å². The molecule has 0 saturated carbocycles. The SMILES string of the molecule is CCCC(CC)c1ccccc1CO. The van der Waals surface area contributed by atoms with Crippen molar-refractivity contribution in [3.63, 3.8) is 0 Å². The van der Waals surface area contributed by atoms with Crippen LogP contribution in [-0.2, 0) is 6.61 Å². The Hall–Kier alpha value is -0.820. The van der Waals surface area contributed by atoms with Crippen LogP contribution in [0.15, 0.2) is 24.3 Å². The summed E-state index contributed by atoms with van der Waals surface area (Å²) >= 11 is 0. The first-order chi connectivity index (χ1) is 6.83. The van der Waals surface area contributed by atoms with Crippen LogP contribution in [0.1, 0.15) is 50.2 Å². The summed E-state index contributed by atoms with van der Waals surface area (Å²) in [5.41, 5.74) is 2.42. The van der Waals surface area contributed by atoms with Crippen LogP contribution in [0.2, 0.25) is 0 Å². The smallest absolute Gasteiger partial charge is 0.0684 e. The average Bonchev–Trinajstić information content (AvgIpc) is 2.26. The Morgan fingerprint density at radius 3 is 2.50 bits per heavy atom. The maximum absolute atomic E-state index is 9.23. The first-order valence-corrected chi connectivity index (χ1v) is 5.52. The zero-order chi connectivity index (χ0) is 10.4. The van der Waals surface area contributed by atoms with Gasteiger partial charge in [-0.3, -0.25) is 0 Å². The van der Waals surface area contributed by atoms with Crippen LogP contribution in [0.5, 0.6) is 0 Å². The standard InChI is InChI=1S/C13H20O/c1-3-7-11(4-2)13-9-6-5-8-12(13)10-14/h5-6,8-9,11,14H,3-4,7,10H2,1-2H3. The quantitative estimate of drug-likeness (QED) is 0.757. The van der Waals surface area contributed by atoms with Crippen molar-refractivity contribution in [3.05, 3.63) is 35.4 Å². The van der Waals surface area contributed by atoms with Crippen molar-refractivity contribution in [3.8, 4) is 0 Å². The molecule has 1 aromatic carbocycles. The minimum absolute atomic E-state index is 0.163. The van der Waals surface area contributed by atoms with Gasteiger partial charge in [0.15, 0.2) is 0 Å². The van der Waals surface area contributed by atoms with Gasteiger partial charge in [-0.1, -0.05) is 44.5 Å². The molecule has 0 spiro atoms. The van der Waals surface area contributed by atoms with E-state index >= 15 is 0 Å². The molecule has 0 aliphatic heterocycles. The molecule has 0 aromatic heterocycles. The number of aliphatic hydroxyl groups is 1. The Bertz CT molecular complexity index is 268. The van der Waals surface area contributed by atoms with E-state index in [0.717, 1.165) is 12.0 Å². The van der Waals surface area contributed by atoms with Gasteiger partial charge in [-0.15, -0.1) is 0 Å². The summed E-state index contributed by atoms with van der Waals surface area (Å²) < 4.78 is 0. The molecule has 1 nitrogen and oxygen atoms in total. The molecular weight excluding hydrogens is 172 g/mol. The maximum atomic E-state index is 9.23. The van der Waals surface area contributed by atoms with Gasteiger partial charge in [0.05, 0.1) is 6.61 Å². The Kier molecular flexibility index (Phi) is 4.68. The average molecular weight is 192 g/mol. The molecule has 1 N–H and O–H groups in total. The normalized spacial score (nSPS) is 12.8. The Balaban J connectivity index is 2.90. The molecule has 0 aliphatic carbocycles. The minimum Gasteiger partial charge on any atom is -0.392 e. The van der Waals surface area contributed by atoms with Crippen molar-refractivity contribution in [2.45, 2.75) is 45.6 Å². The lowest BCUT2D eigenvalue weighted by molar-refractivity contribution is 0.279. The van der Waals surface area contributed by atoms with Crippen molar-refractivity contribution in [1.82, 2.24) is 0 Å². The summed E-state index contributed by atoms with van der Waals surface area (Å²) in [5.74, 6) is 0.614. The maximum Gasteiger partial charge on any atom is 0.0684 e. The number of benzene rings is 1. The Labute approximate surface area is 86.8 Å². The third-order valence-corrected chi connectivity index (χ3v) is 2.80. The first kappa shape index (κ1) is 11.3. The van der Waals surface area contributed by atoms with Gasteiger partial charge in [-0.2, -0.15) is 0 Å². The lowest BCUT2D eigenvalue weighted by Gasteiger charge is -2.17. The molecule has 0 saturated heterocycles. The van der Waals surface area contributed by atoms with E-state index < -0.39 is 0 Å². The molecule has 1 atom stereocenters. The summed E-state index contributed by atoms with van der Waals surface area (Å²) in [6, 6.07) is 8.23. The summed E-state index contributed by atoms with van der Waals surface area (Å²) in [4.78, 5) is 0. The summed E-state index contributed by atoms with van der Waals surface area (Å²) in [6.07, 6.45) is 3.58. The summed E-state index contributed by atoms with van der Waals surface area (Å²) in [6.45, 7) is 4.59. The second-order valence-electron chi connectivity index (χ2n) is 3.75. The van der Waals surface area contributed by atoms with Crippen molar-refractivity contribution < 1.29 is 5.11 Å². The molecule has 0 fully saturated rings. The molecule has 14 heavy (non-hydrogen) atoms. The Morgan fingerprint density at radius 2 is 1.93 bits per heavy atom. The molecule has 0 radical (unpaired) electrons. The fourth-order valence-electron chi connectivity index (χ4n) is 2.00. The van der Waals surface area contributed by atoms with E-state index in [1.54, 1.807) is 0 Å². The van der Waals surface area contributed by atoms with Crippen LogP contribution in [0, 0.1) is 0 Å². The molecule has 78 valence electrons. The molecule has 0 heterocycles. The number of aliphatic hydroxyl groups excluding tert-OH is 1. The molecule has 1 aromatic rings. The van der Waals surface area contributed by atoms with E-state index in [1.165, 1.54) is 18.4 Å². The predicted molar refractivity (Wildman–Crippen MR) is 60.3 cm³/mol. The molecule has 1 heteroatoms. The lowest BCUT2D eigenvalue weighted by atomic mass is 9.89. The molecule has 0 bridgehead atoms. The van der Waals surface area contributed by atoms with E-state index in [9.17, 15) is 5.11 Å². The van der Waals surface area contributed by atoms with Gasteiger partial charge in [0, 0.05) is 0 Å². The van der Waals surface area contributed by atoms with Crippen LogP contribution < -0.4 is 0 Å². The van der Waals surface area contributed by atoms with E-state index in [1.807, 2.05) is 12.1 Å². The minimum atomic E-state index is 0.163. The number of rotatable bonds is 5. The summed E-state index contributed by atoms with van der Waals surface area (Å²) in [5, 5.41) is 9.23. The van der Waals surface area contributed by atoms with Gasteiger partial charge in [-0.05, 0) is 29.9 Å². The second-order valence-corrected chi connectivity index (χ2v) is 3.75. The Morgan fingerprint density at radius 1 is 1.21 bits per heavy atom. The topological polar surface area (TPSA) is 20.2 Å². The van der Waals surface area contributed by atoms with Gasteiger partial charge < -0.3 is 5.11 Å². The van der Waals surface area contributed by atoms with Crippen molar-refractivity contribution >= 4 is 0 Å². The highest BCUT2D eigenvalue weighted by Crippen LogP contribution is 2.27. The van der Waals surface area contributed by atoms with E-state index in [-0.39, 0.29) is 6.61 Å². The van der Waals surface area contributed by atoms with Gasteiger partial charge in [0.1, 0.15) is 0 Å². The molecule has 1 unspecified atom stereocenters. The van der Waals surface area contributed by atoms with Crippen LogP contribution in [-0.4, -0.2) is 5.11 Å². The fourth-order valence-corrected chi connectivity index (χ4v) is 2.00. The number of hydrogen-bond donors (Lipinski definition) is 1. The third-order valence-electron chi connectivity index (χ3n) is 2.80.